The predicted octanol–water partition coefficient (Wildman–Crippen LogP) is 2.89. The number of methoxy groups -OCH3 is 1. The Balaban J connectivity index is 1.68. The molecule has 0 amide bonds. The summed E-state index contributed by atoms with van der Waals surface area (Å²) in [4.78, 5) is 10.9. The zero-order chi connectivity index (χ0) is 19.2. The third-order valence-corrected chi connectivity index (χ3v) is 4.90. The normalized spacial score (nSPS) is 17.1. The molecule has 3 rings (SSSR count). The number of nitrogens with one attached hydrogen (secondary N) is 1. The van der Waals surface area contributed by atoms with Crippen molar-refractivity contribution >= 4 is 11.8 Å². The van der Waals surface area contributed by atoms with E-state index in [1.54, 1.807) is 13.3 Å². The fourth-order valence-electron chi connectivity index (χ4n) is 3.45. The van der Waals surface area contributed by atoms with Gasteiger partial charge < -0.3 is 25.4 Å². The van der Waals surface area contributed by atoms with Crippen LogP contribution < -0.4 is 20.5 Å². The molecule has 1 aliphatic rings. The van der Waals surface area contributed by atoms with E-state index in [1.807, 2.05) is 25.2 Å². The number of nitrogens with zero attached hydrogens (tertiary/aromatic N) is 3. The Kier molecular flexibility index (Phi) is 6.34. The van der Waals surface area contributed by atoms with Gasteiger partial charge in [0.25, 0.3) is 0 Å². The first-order valence-corrected chi connectivity index (χ1v) is 9.44. The molecule has 1 aromatic carbocycles. The molecule has 0 spiro atoms. The molecule has 1 aliphatic heterocycles. The third-order valence-electron chi connectivity index (χ3n) is 4.90. The smallest absolute Gasteiger partial charge is 0.221 e. The van der Waals surface area contributed by atoms with E-state index in [0.29, 0.717) is 12.4 Å². The molecule has 1 atom stereocenters. The van der Waals surface area contributed by atoms with Crippen LogP contribution in [0.5, 0.6) is 11.5 Å². The fourth-order valence-corrected chi connectivity index (χ4v) is 3.45. The summed E-state index contributed by atoms with van der Waals surface area (Å²) >= 11 is 0. The second kappa shape index (κ2) is 8.90. The highest BCUT2D eigenvalue weighted by Crippen LogP contribution is 2.34. The molecule has 0 saturated carbocycles. The molecule has 1 unspecified atom stereocenters. The molecule has 27 heavy (non-hydrogen) atoms. The first-order valence-electron chi connectivity index (χ1n) is 9.44. The zero-order valence-corrected chi connectivity index (χ0v) is 16.4. The monoisotopic (exact) mass is 371 g/mol. The van der Waals surface area contributed by atoms with Gasteiger partial charge in [-0.1, -0.05) is 13.0 Å². The highest BCUT2D eigenvalue weighted by molar-refractivity contribution is 5.76. The van der Waals surface area contributed by atoms with Crippen LogP contribution in [0.4, 0.5) is 11.8 Å². The SMILES string of the molecule is CNc1nc(N)ncc1-c1ccc(OC)c(OCCCN2CCC(C)C2)c1. The van der Waals surface area contributed by atoms with Crippen LogP contribution in [0.15, 0.2) is 24.4 Å². The van der Waals surface area contributed by atoms with Gasteiger partial charge in [0.15, 0.2) is 11.5 Å². The Morgan fingerprint density at radius 3 is 2.89 bits per heavy atom. The minimum atomic E-state index is 0.240. The lowest BCUT2D eigenvalue weighted by molar-refractivity contribution is 0.251. The number of rotatable bonds is 8. The molecule has 1 fully saturated rings. The van der Waals surface area contributed by atoms with Crippen molar-refractivity contribution in [3.8, 4) is 22.6 Å². The summed E-state index contributed by atoms with van der Waals surface area (Å²) in [6.45, 7) is 6.43. The van der Waals surface area contributed by atoms with Crippen molar-refractivity contribution in [1.82, 2.24) is 14.9 Å². The fraction of sp³-hybridized carbons (Fsp3) is 0.500. The van der Waals surface area contributed by atoms with E-state index in [0.717, 1.165) is 41.5 Å². The van der Waals surface area contributed by atoms with Crippen molar-refractivity contribution in [2.45, 2.75) is 19.8 Å². The molecule has 3 N–H and O–H groups in total. The van der Waals surface area contributed by atoms with Crippen molar-refractivity contribution in [1.29, 1.82) is 0 Å². The summed E-state index contributed by atoms with van der Waals surface area (Å²) in [5, 5.41) is 3.06. The zero-order valence-electron chi connectivity index (χ0n) is 16.4. The molecular weight excluding hydrogens is 342 g/mol. The molecule has 7 heteroatoms. The standard InChI is InChI=1S/C20H29N5O2/c1-14-7-9-25(13-14)8-4-10-27-18-11-15(5-6-17(18)26-3)16-12-23-20(21)24-19(16)22-2/h5-6,11-12,14H,4,7-10,13H2,1-3H3,(H3,21,22,23,24). The Morgan fingerprint density at radius 2 is 2.19 bits per heavy atom. The first-order chi connectivity index (χ1) is 13.1. The van der Waals surface area contributed by atoms with Gasteiger partial charge in [-0.25, -0.2) is 4.98 Å². The van der Waals surface area contributed by atoms with E-state index in [9.17, 15) is 0 Å². The molecule has 7 nitrogen and oxygen atoms in total. The van der Waals surface area contributed by atoms with Gasteiger partial charge in [0.2, 0.25) is 5.95 Å². The van der Waals surface area contributed by atoms with Crippen LogP contribution in [0.3, 0.4) is 0 Å². The van der Waals surface area contributed by atoms with Gasteiger partial charge in [0.1, 0.15) is 5.82 Å². The number of nitrogen functional groups attached to an aromatic ring is 1. The number of nitrogens with two attached hydrogens (primary N) is 1. The lowest BCUT2D eigenvalue weighted by Crippen LogP contribution is -2.23. The molecule has 2 heterocycles. The van der Waals surface area contributed by atoms with E-state index in [2.05, 4.69) is 27.1 Å². The Morgan fingerprint density at radius 1 is 1.33 bits per heavy atom. The summed E-state index contributed by atoms with van der Waals surface area (Å²) < 4.78 is 11.5. The Hall–Kier alpha value is -2.54. The summed E-state index contributed by atoms with van der Waals surface area (Å²) in [6.07, 6.45) is 4.01. The number of benzene rings is 1. The van der Waals surface area contributed by atoms with Crippen molar-refractivity contribution in [2.24, 2.45) is 5.92 Å². The first kappa shape index (κ1) is 19.2. The second-order valence-corrected chi connectivity index (χ2v) is 7.00. The van der Waals surface area contributed by atoms with E-state index in [1.165, 1.54) is 19.5 Å². The third kappa shape index (κ3) is 4.80. The average Bonchev–Trinajstić information content (AvgIpc) is 3.10. The minimum absolute atomic E-state index is 0.240. The Bertz CT molecular complexity index is 768. The summed E-state index contributed by atoms with van der Waals surface area (Å²) in [7, 11) is 3.46. The van der Waals surface area contributed by atoms with Crippen molar-refractivity contribution in [3.63, 3.8) is 0 Å². The number of likely N-dealkylation sites (tertiary alicyclic amines) is 1. The van der Waals surface area contributed by atoms with E-state index in [-0.39, 0.29) is 5.95 Å². The maximum Gasteiger partial charge on any atom is 0.221 e. The molecule has 146 valence electrons. The van der Waals surface area contributed by atoms with E-state index in [4.69, 9.17) is 15.2 Å². The highest BCUT2D eigenvalue weighted by atomic mass is 16.5. The van der Waals surface area contributed by atoms with Gasteiger partial charge in [-0.2, -0.15) is 4.98 Å². The predicted molar refractivity (Wildman–Crippen MR) is 108 cm³/mol. The summed E-state index contributed by atoms with van der Waals surface area (Å²) in [5.74, 6) is 3.18. The highest BCUT2D eigenvalue weighted by Gasteiger charge is 2.18. The molecule has 1 saturated heterocycles. The molecule has 0 bridgehead atoms. The Labute approximate surface area is 160 Å². The van der Waals surface area contributed by atoms with Gasteiger partial charge in [0.05, 0.1) is 13.7 Å². The molecule has 0 aliphatic carbocycles. The van der Waals surface area contributed by atoms with Crippen molar-refractivity contribution in [3.05, 3.63) is 24.4 Å². The van der Waals surface area contributed by atoms with Crippen LogP contribution in [0.2, 0.25) is 0 Å². The number of anilines is 2. The van der Waals surface area contributed by atoms with E-state index < -0.39 is 0 Å². The van der Waals surface area contributed by atoms with Gasteiger partial charge in [-0.05, 0) is 43.0 Å². The molecular formula is C20H29N5O2. The lowest BCUT2D eigenvalue weighted by Gasteiger charge is -2.16. The number of hydrogen-bond acceptors (Lipinski definition) is 7. The lowest BCUT2D eigenvalue weighted by atomic mass is 10.1. The minimum Gasteiger partial charge on any atom is -0.493 e. The van der Waals surface area contributed by atoms with Gasteiger partial charge in [0, 0.05) is 31.9 Å². The van der Waals surface area contributed by atoms with Crippen molar-refractivity contribution in [2.75, 3.05) is 51.4 Å². The molecule has 0 radical (unpaired) electrons. The average molecular weight is 371 g/mol. The van der Waals surface area contributed by atoms with Crippen LogP contribution in [-0.4, -0.2) is 55.3 Å². The van der Waals surface area contributed by atoms with Crippen LogP contribution in [0, 0.1) is 5.92 Å². The molecule has 2 aromatic rings. The van der Waals surface area contributed by atoms with E-state index >= 15 is 0 Å². The van der Waals surface area contributed by atoms with Crippen LogP contribution in [-0.2, 0) is 0 Å². The topological polar surface area (TPSA) is 85.5 Å². The van der Waals surface area contributed by atoms with Gasteiger partial charge >= 0.3 is 0 Å². The maximum absolute atomic E-state index is 6.04. The number of aromatic nitrogens is 2. The summed E-state index contributed by atoms with van der Waals surface area (Å²) in [5.41, 5.74) is 7.50. The van der Waals surface area contributed by atoms with Gasteiger partial charge in [-0.3, -0.25) is 0 Å². The van der Waals surface area contributed by atoms with Crippen LogP contribution in [0.1, 0.15) is 19.8 Å². The molecule has 1 aromatic heterocycles. The van der Waals surface area contributed by atoms with Crippen molar-refractivity contribution < 1.29 is 9.47 Å². The van der Waals surface area contributed by atoms with Crippen LogP contribution >= 0.6 is 0 Å². The summed E-state index contributed by atoms with van der Waals surface area (Å²) in [6, 6.07) is 5.84. The quantitative estimate of drug-likeness (QED) is 0.690. The maximum atomic E-state index is 6.04. The number of ether oxygens (including phenoxy) is 2. The largest absolute Gasteiger partial charge is 0.493 e. The van der Waals surface area contributed by atoms with Crippen LogP contribution in [0.25, 0.3) is 11.1 Å². The number of hydrogen-bond donors (Lipinski definition) is 2. The second-order valence-electron chi connectivity index (χ2n) is 7.00. The van der Waals surface area contributed by atoms with Gasteiger partial charge in [-0.15, -0.1) is 0 Å².